The molecule has 2 aliphatic rings. The third-order valence-electron chi connectivity index (χ3n) is 6.92. The summed E-state index contributed by atoms with van der Waals surface area (Å²) in [6, 6.07) is -0.267. The number of aliphatic hydroxyl groups excluding tert-OH is 1. The van der Waals surface area contributed by atoms with Gasteiger partial charge in [-0.15, -0.1) is 5.10 Å². The molecule has 1 saturated carbocycles. The second-order valence-electron chi connectivity index (χ2n) is 9.51. The van der Waals surface area contributed by atoms with Crippen molar-refractivity contribution in [1.82, 2.24) is 24.8 Å². The van der Waals surface area contributed by atoms with Crippen molar-refractivity contribution in [3.05, 3.63) is 11.9 Å². The van der Waals surface area contributed by atoms with E-state index in [9.17, 15) is 14.7 Å². The van der Waals surface area contributed by atoms with Crippen LogP contribution in [0.25, 0.3) is 0 Å². The zero-order chi connectivity index (χ0) is 23.1. The minimum Gasteiger partial charge on any atom is -0.394 e. The van der Waals surface area contributed by atoms with Gasteiger partial charge in [-0.3, -0.25) is 9.59 Å². The van der Waals surface area contributed by atoms with Crippen LogP contribution < -0.4 is 0 Å². The summed E-state index contributed by atoms with van der Waals surface area (Å²) >= 11 is 0. The SMILES string of the molecule is C[C@H](CO)N1C[C@H](C)[C@H](CN(C)C(=O)C2CCCCC2)OCc2cnnn2CCCC1=O. The first-order chi connectivity index (χ1) is 15.4. The number of fused-ring (bicyclic) bond motifs is 1. The first-order valence-corrected chi connectivity index (χ1v) is 12.0. The van der Waals surface area contributed by atoms with Crippen LogP contribution in [0.15, 0.2) is 6.20 Å². The van der Waals surface area contributed by atoms with Crippen molar-refractivity contribution in [3.63, 3.8) is 0 Å². The molecule has 180 valence electrons. The van der Waals surface area contributed by atoms with Crippen molar-refractivity contribution in [2.75, 3.05) is 26.7 Å². The number of hydrogen-bond acceptors (Lipinski definition) is 6. The highest BCUT2D eigenvalue weighted by Gasteiger charge is 2.31. The Hall–Kier alpha value is -2.00. The molecule has 1 aliphatic carbocycles. The molecule has 1 aromatic heterocycles. The molecule has 0 bridgehead atoms. The molecule has 0 unspecified atom stereocenters. The van der Waals surface area contributed by atoms with Crippen molar-refractivity contribution in [2.45, 2.75) is 84.1 Å². The van der Waals surface area contributed by atoms with Crippen molar-refractivity contribution in [3.8, 4) is 0 Å². The van der Waals surface area contributed by atoms with E-state index in [0.29, 0.717) is 39.1 Å². The average molecular weight is 450 g/mol. The second kappa shape index (κ2) is 11.7. The van der Waals surface area contributed by atoms with Crippen molar-refractivity contribution < 1.29 is 19.4 Å². The van der Waals surface area contributed by atoms with Gasteiger partial charge >= 0.3 is 0 Å². The van der Waals surface area contributed by atoms with E-state index in [1.807, 2.05) is 14.0 Å². The summed E-state index contributed by atoms with van der Waals surface area (Å²) in [5.74, 6) is 0.299. The van der Waals surface area contributed by atoms with Crippen molar-refractivity contribution >= 4 is 11.8 Å². The van der Waals surface area contributed by atoms with Gasteiger partial charge < -0.3 is 19.6 Å². The zero-order valence-electron chi connectivity index (χ0n) is 19.8. The van der Waals surface area contributed by atoms with Crippen LogP contribution in [-0.2, 0) is 27.5 Å². The van der Waals surface area contributed by atoms with Gasteiger partial charge in [0.2, 0.25) is 11.8 Å². The maximum atomic E-state index is 13.0. The smallest absolute Gasteiger partial charge is 0.225 e. The number of hydrogen-bond donors (Lipinski definition) is 1. The van der Waals surface area contributed by atoms with Gasteiger partial charge in [-0.05, 0) is 26.2 Å². The van der Waals surface area contributed by atoms with Gasteiger partial charge in [0.05, 0.1) is 37.3 Å². The summed E-state index contributed by atoms with van der Waals surface area (Å²) in [6.45, 7) is 5.72. The number of nitrogens with zero attached hydrogens (tertiary/aromatic N) is 5. The van der Waals surface area contributed by atoms with Crippen LogP contribution in [0.1, 0.15) is 64.5 Å². The molecule has 0 spiro atoms. The third-order valence-corrected chi connectivity index (χ3v) is 6.92. The normalized spacial score (nSPS) is 24.9. The fraction of sp³-hybridized carbons (Fsp3) is 0.826. The highest BCUT2D eigenvalue weighted by Crippen LogP contribution is 2.26. The van der Waals surface area contributed by atoms with E-state index in [4.69, 9.17) is 4.74 Å². The number of likely N-dealkylation sites (N-methyl/N-ethyl adjacent to an activating group) is 1. The lowest BCUT2D eigenvalue weighted by atomic mass is 9.88. The van der Waals surface area contributed by atoms with Gasteiger partial charge in [-0.1, -0.05) is 31.4 Å². The minimum atomic E-state index is -0.267. The van der Waals surface area contributed by atoms with Crippen LogP contribution in [0.2, 0.25) is 0 Å². The molecule has 9 nitrogen and oxygen atoms in total. The number of rotatable bonds is 5. The Balaban J connectivity index is 1.77. The Morgan fingerprint density at radius 3 is 2.78 bits per heavy atom. The van der Waals surface area contributed by atoms with Gasteiger partial charge in [-0.2, -0.15) is 0 Å². The van der Waals surface area contributed by atoms with Crippen molar-refractivity contribution in [1.29, 1.82) is 0 Å². The van der Waals surface area contributed by atoms with E-state index in [2.05, 4.69) is 17.2 Å². The molecule has 32 heavy (non-hydrogen) atoms. The summed E-state index contributed by atoms with van der Waals surface area (Å²) in [4.78, 5) is 29.5. The van der Waals surface area contributed by atoms with E-state index in [-0.39, 0.29) is 42.4 Å². The van der Waals surface area contributed by atoms with Crippen LogP contribution in [0.3, 0.4) is 0 Å². The van der Waals surface area contributed by atoms with Gasteiger partial charge in [0.15, 0.2) is 0 Å². The number of aliphatic hydroxyl groups is 1. The van der Waals surface area contributed by atoms with E-state index in [1.54, 1.807) is 20.7 Å². The van der Waals surface area contributed by atoms with E-state index in [0.717, 1.165) is 31.4 Å². The molecule has 1 fully saturated rings. The van der Waals surface area contributed by atoms with Crippen LogP contribution in [-0.4, -0.2) is 80.6 Å². The molecule has 3 atom stereocenters. The fourth-order valence-corrected chi connectivity index (χ4v) is 4.77. The van der Waals surface area contributed by atoms with Gasteiger partial charge in [-0.25, -0.2) is 4.68 Å². The Bertz CT molecular complexity index is 749. The van der Waals surface area contributed by atoms with Crippen LogP contribution in [0.4, 0.5) is 0 Å². The Morgan fingerprint density at radius 1 is 1.31 bits per heavy atom. The Kier molecular flexibility index (Phi) is 9.04. The summed E-state index contributed by atoms with van der Waals surface area (Å²) in [5.41, 5.74) is 0.872. The van der Waals surface area contributed by atoms with Crippen LogP contribution in [0.5, 0.6) is 0 Å². The lowest BCUT2D eigenvalue weighted by Crippen LogP contribution is -2.48. The predicted octanol–water partition coefficient (Wildman–Crippen LogP) is 1.84. The van der Waals surface area contributed by atoms with Crippen LogP contribution >= 0.6 is 0 Å². The summed E-state index contributed by atoms with van der Waals surface area (Å²) in [7, 11) is 1.86. The molecule has 2 heterocycles. The maximum Gasteiger partial charge on any atom is 0.225 e. The highest BCUT2D eigenvalue weighted by atomic mass is 16.5. The molecule has 0 radical (unpaired) electrons. The lowest BCUT2D eigenvalue weighted by molar-refractivity contribution is -0.140. The number of carbonyl (C=O) groups excluding carboxylic acids is 2. The second-order valence-corrected chi connectivity index (χ2v) is 9.51. The van der Waals surface area contributed by atoms with Gasteiger partial charge in [0.25, 0.3) is 0 Å². The molecule has 1 aliphatic heterocycles. The standard InChI is InChI=1S/C23H39N5O4/c1-17-13-27(18(2)15-29)22(30)10-7-11-28-20(12-24-25-28)16-32-21(17)14-26(3)23(31)19-8-5-4-6-9-19/h12,17-19,21,29H,4-11,13-16H2,1-3H3/t17-,18+,21-/m0/s1. The molecule has 3 rings (SSSR count). The number of aryl methyl sites for hydroxylation is 1. The summed E-state index contributed by atoms with van der Waals surface area (Å²) in [6.07, 6.45) is 7.87. The summed E-state index contributed by atoms with van der Waals surface area (Å²) < 4.78 is 8.11. The average Bonchev–Trinajstić information content (AvgIpc) is 3.25. The summed E-state index contributed by atoms with van der Waals surface area (Å²) in [5, 5.41) is 17.8. The predicted molar refractivity (Wildman–Crippen MR) is 119 cm³/mol. The molecule has 9 heteroatoms. The molecule has 0 aromatic carbocycles. The largest absolute Gasteiger partial charge is 0.394 e. The molecule has 1 aromatic rings. The third kappa shape index (κ3) is 6.28. The quantitative estimate of drug-likeness (QED) is 0.736. The van der Waals surface area contributed by atoms with E-state index in [1.165, 1.54) is 6.42 Å². The Labute approximate surface area is 191 Å². The molecule has 0 saturated heterocycles. The first-order valence-electron chi connectivity index (χ1n) is 12.0. The first kappa shape index (κ1) is 24.6. The minimum absolute atomic E-state index is 0.0155. The number of amides is 2. The molecule has 1 N–H and O–H groups in total. The lowest BCUT2D eigenvalue weighted by Gasteiger charge is -2.36. The fourth-order valence-electron chi connectivity index (χ4n) is 4.77. The number of ether oxygens (including phenoxy) is 1. The maximum absolute atomic E-state index is 13.0. The van der Waals surface area contributed by atoms with Gasteiger partial charge in [0.1, 0.15) is 0 Å². The number of carbonyl (C=O) groups is 2. The number of aromatic nitrogens is 3. The van der Waals surface area contributed by atoms with E-state index < -0.39 is 0 Å². The van der Waals surface area contributed by atoms with E-state index >= 15 is 0 Å². The Morgan fingerprint density at radius 2 is 2.06 bits per heavy atom. The zero-order valence-corrected chi connectivity index (χ0v) is 19.8. The topological polar surface area (TPSA) is 101 Å². The monoisotopic (exact) mass is 449 g/mol. The van der Waals surface area contributed by atoms with Crippen LogP contribution in [0, 0.1) is 11.8 Å². The van der Waals surface area contributed by atoms with Gasteiger partial charge in [0, 0.05) is 44.9 Å². The van der Waals surface area contributed by atoms with Crippen molar-refractivity contribution in [2.24, 2.45) is 11.8 Å². The molecular weight excluding hydrogens is 410 g/mol. The molecular formula is C23H39N5O4. The highest BCUT2D eigenvalue weighted by molar-refractivity contribution is 5.78. The molecule has 2 amide bonds.